The Bertz CT molecular complexity index is 1820. The van der Waals surface area contributed by atoms with E-state index in [2.05, 4.69) is 43.5 Å². The highest BCUT2D eigenvalue weighted by atomic mass is 16.7. The molecule has 0 aromatic heterocycles. The van der Waals surface area contributed by atoms with Gasteiger partial charge < -0.3 is 35.4 Å². The summed E-state index contributed by atoms with van der Waals surface area (Å²) in [6.07, 6.45) is 1.19. The summed E-state index contributed by atoms with van der Waals surface area (Å²) in [5, 5.41) is 29.6. The van der Waals surface area contributed by atoms with E-state index in [9.17, 15) is 19.8 Å². The number of benzene rings is 3. The van der Waals surface area contributed by atoms with Crippen molar-refractivity contribution in [1.82, 2.24) is 20.6 Å². The van der Waals surface area contributed by atoms with Crippen LogP contribution in [0.1, 0.15) is 62.0 Å². The lowest BCUT2D eigenvalue weighted by molar-refractivity contribution is -0.183. The molecule has 1 aliphatic heterocycles. The summed E-state index contributed by atoms with van der Waals surface area (Å²) in [5.41, 5.74) is 5.22. The van der Waals surface area contributed by atoms with Gasteiger partial charge in [0.05, 0.1) is 19.3 Å². The molecule has 1 unspecified atom stereocenters. The Kier molecular flexibility index (Phi) is 13.1. The zero-order chi connectivity index (χ0) is 40.3. The summed E-state index contributed by atoms with van der Waals surface area (Å²) >= 11 is 0. The Labute approximate surface area is 333 Å². The fourth-order valence-electron chi connectivity index (χ4n) is 9.31. The van der Waals surface area contributed by atoms with Gasteiger partial charge in [-0.1, -0.05) is 69.3 Å². The van der Waals surface area contributed by atoms with Crippen LogP contribution in [0, 0.1) is 29.1 Å². The summed E-state index contributed by atoms with van der Waals surface area (Å²) in [6.45, 7) is 9.98. The number of aliphatic hydroxyl groups excluding tert-OH is 2. The topological polar surface area (TPSA) is 127 Å². The van der Waals surface area contributed by atoms with E-state index in [-0.39, 0.29) is 36.4 Å². The monoisotopic (exact) mass is 769 g/mol. The first-order valence-electron chi connectivity index (χ1n) is 20.3. The predicted molar refractivity (Wildman–Crippen MR) is 220 cm³/mol. The molecule has 3 aromatic rings. The van der Waals surface area contributed by atoms with Crippen molar-refractivity contribution in [1.29, 1.82) is 0 Å². The lowest BCUT2D eigenvalue weighted by Crippen LogP contribution is -2.62. The van der Waals surface area contributed by atoms with Gasteiger partial charge in [0.1, 0.15) is 24.5 Å². The van der Waals surface area contributed by atoms with Gasteiger partial charge in [-0.25, -0.2) is 0 Å². The van der Waals surface area contributed by atoms with Gasteiger partial charge in [-0.2, -0.15) is 5.06 Å². The molecule has 3 aromatic carbocycles. The van der Waals surface area contributed by atoms with E-state index in [1.807, 2.05) is 92.6 Å². The van der Waals surface area contributed by atoms with Crippen molar-refractivity contribution < 1.29 is 29.4 Å². The Morgan fingerprint density at radius 3 is 2.43 bits per heavy atom. The molecule has 304 valence electrons. The number of carbonyl (C=O) groups excluding carboxylic acids is 2. The molecule has 4 N–H and O–H groups in total. The average Bonchev–Trinajstić information content (AvgIpc) is 3.54. The van der Waals surface area contributed by atoms with E-state index >= 15 is 0 Å². The van der Waals surface area contributed by atoms with Gasteiger partial charge in [0, 0.05) is 61.5 Å². The minimum atomic E-state index is -0.905. The third-order valence-corrected chi connectivity index (χ3v) is 12.8. The van der Waals surface area contributed by atoms with Crippen LogP contribution < -0.4 is 20.3 Å². The number of amides is 2. The number of likely N-dealkylation sites (N-methyl/N-ethyl adjacent to an activating group) is 1. The maximum absolute atomic E-state index is 14.4. The van der Waals surface area contributed by atoms with Crippen LogP contribution in [0.4, 0.5) is 5.69 Å². The van der Waals surface area contributed by atoms with E-state index in [1.54, 1.807) is 12.0 Å². The summed E-state index contributed by atoms with van der Waals surface area (Å²) in [7, 11) is 7.88. The number of hydroxylamine groups is 2. The molecule has 11 heteroatoms. The Morgan fingerprint density at radius 1 is 1.04 bits per heavy atom. The molecular weight excluding hydrogens is 707 g/mol. The van der Waals surface area contributed by atoms with Crippen molar-refractivity contribution in [3.05, 3.63) is 83.4 Å². The third kappa shape index (κ3) is 8.92. The molecule has 4 fully saturated rings. The summed E-state index contributed by atoms with van der Waals surface area (Å²) < 4.78 is 6.62. The van der Waals surface area contributed by atoms with Crippen LogP contribution >= 0.6 is 0 Å². The number of anilines is 1. The van der Waals surface area contributed by atoms with Gasteiger partial charge in [0.15, 0.2) is 0 Å². The summed E-state index contributed by atoms with van der Waals surface area (Å²) in [4.78, 5) is 38.4. The standard InChI is InChI=1S/C45H63N5O6/c1-28-37-24-34(45(37,3)4)25-38(28)47-44(54)41-40(29(2)52)39(27-51)56-50(41)26-31-15-12-16-36(42(31)55-20-19-48(5)6)32-21-33(23-35(22-32)49(7)8)43(53)46-18-17-30-13-10-9-11-14-30/h9-16,21-23,28-29,34,37-41,51-52H,17-20,24-27H2,1-8H3,(H,46,53)(H,47,54)/t28-,29-,34?,37-,38-,39-,40+,41-/m0/s1. The molecule has 2 bridgehead atoms. The van der Waals surface area contributed by atoms with E-state index in [0.29, 0.717) is 48.8 Å². The number of hydrogen-bond acceptors (Lipinski definition) is 9. The molecule has 4 aliphatic rings. The largest absolute Gasteiger partial charge is 0.491 e. The van der Waals surface area contributed by atoms with Crippen molar-refractivity contribution in [3.63, 3.8) is 0 Å². The van der Waals surface area contributed by atoms with Crippen LogP contribution in [-0.4, -0.2) is 111 Å². The minimum Gasteiger partial charge on any atom is -0.491 e. The molecular formula is C45H63N5O6. The molecule has 11 nitrogen and oxygen atoms in total. The SMILES string of the molecule is C[C@@H]1[C@@H](NC(=O)[C@@H]2[C@H]([C@H](C)O)[C@H](CO)ON2Cc2cccc(-c3cc(C(=O)NCCc4ccccc4)cc(N(C)C)c3)c2OCCN(C)C)CC2C[C@@H]1C2(C)C. The van der Waals surface area contributed by atoms with Crippen LogP contribution in [0.15, 0.2) is 66.7 Å². The van der Waals surface area contributed by atoms with Gasteiger partial charge in [0.2, 0.25) is 5.91 Å². The van der Waals surface area contributed by atoms with Gasteiger partial charge in [-0.15, -0.1) is 0 Å². The highest BCUT2D eigenvalue weighted by Gasteiger charge is 2.57. The number of nitrogens with zero attached hydrogens (tertiary/aromatic N) is 3. The van der Waals surface area contributed by atoms with Crippen molar-refractivity contribution in [3.8, 4) is 16.9 Å². The number of aliphatic hydroxyl groups is 2. The predicted octanol–water partition coefficient (Wildman–Crippen LogP) is 4.99. The second kappa shape index (κ2) is 17.6. The smallest absolute Gasteiger partial charge is 0.251 e. The quantitative estimate of drug-likeness (QED) is 0.160. The van der Waals surface area contributed by atoms with Crippen molar-refractivity contribution in [2.75, 3.05) is 59.4 Å². The molecule has 8 atom stereocenters. The Balaban J connectivity index is 1.31. The van der Waals surface area contributed by atoms with Crippen LogP contribution in [0.3, 0.4) is 0 Å². The number of ether oxygens (including phenoxy) is 1. The van der Waals surface area contributed by atoms with Crippen LogP contribution in [0.25, 0.3) is 11.1 Å². The normalized spacial score (nSPS) is 26.0. The third-order valence-electron chi connectivity index (χ3n) is 12.8. The van der Waals surface area contributed by atoms with Crippen molar-refractivity contribution in [2.45, 2.75) is 77.8 Å². The molecule has 0 spiro atoms. The number of para-hydroxylation sites is 1. The lowest BCUT2D eigenvalue weighted by Gasteiger charge is -2.62. The highest BCUT2D eigenvalue weighted by Crippen LogP contribution is 2.61. The van der Waals surface area contributed by atoms with Crippen molar-refractivity contribution >= 4 is 17.5 Å². The minimum absolute atomic E-state index is 0.0333. The molecule has 3 saturated carbocycles. The summed E-state index contributed by atoms with van der Waals surface area (Å²) in [5.74, 6) is 1.06. The fourth-order valence-corrected chi connectivity index (χ4v) is 9.31. The zero-order valence-electron chi connectivity index (χ0n) is 34.5. The first kappa shape index (κ1) is 41.6. The van der Waals surface area contributed by atoms with Crippen LogP contribution in [0.2, 0.25) is 0 Å². The first-order valence-corrected chi connectivity index (χ1v) is 20.3. The highest BCUT2D eigenvalue weighted by molar-refractivity contribution is 5.97. The van der Waals surface area contributed by atoms with E-state index in [0.717, 1.165) is 40.8 Å². The van der Waals surface area contributed by atoms with Gasteiger partial charge in [0.25, 0.3) is 5.91 Å². The number of fused-ring (bicyclic) bond motifs is 2. The zero-order valence-corrected chi connectivity index (χ0v) is 34.5. The van der Waals surface area contributed by atoms with Gasteiger partial charge in [-0.05, 0) is 92.8 Å². The molecule has 2 amide bonds. The molecule has 1 saturated heterocycles. The van der Waals surface area contributed by atoms with E-state index in [1.165, 1.54) is 6.42 Å². The van der Waals surface area contributed by atoms with Crippen LogP contribution in [0.5, 0.6) is 5.75 Å². The number of rotatable bonds is 16. The average molecular weight is 770 g/mol. The molecule has 1 heterocycles. The van der Waals surface area contributed by atoms with E-state index < -0.39 is 24.2 Å². The maximum atomic E-state index is 14.4. The molecule has 3 aliphatic carbocycles. The molecule has 0 radical (unpaired) electrons. The van der Waals surface area contributed by atoms with Crippen molar-refractivity contribution in [2.24, 2.45) is 29.1 Å². The van der Waals surface area contributed by atoms with Gasteiger partial charge in [-0.3, -0.25) is 14.4 Å². The second-order valence-electron chi connectivity index (χ2n) is 17.3. The number of nitrogens with one attached hydrogen (secondary N) is 2. The Hall–Kier alpha value is -4.00. The number of hydrogen-bond donors (Lipinski definition) is 4. The summed E-state index contributed by atoms with van der Waals surface area (Å²) in [6, 6.07) is 21.0. The lowest BCUT2D eigenvalue weighted by atomic mass is 9.45. The first-order chi connectivity index (χ1) is 26.7. The fraction of sp³-hybridized carbons (Fsp3) is 0.556. The second-order valence-corrected chi connectivity index (χ2v) is 17.3. The number of carbonyl (C=O) groups is 2. The molecule has 56 heavy (non-hydrogen) atoms. The Morgan fingerprint density at radius 2 is 1.79 bits per heavy atom. The molecule has 7 rings (SSSR count). The van der Waals surface area contributed by atoms with Gasteiger partial charge >= 0.3 is 0 Å². The van der Waals surface area contributed by atoms with Crippen LogP contribution in [-0.2, 0) is 22.6 Å². The van der Waals surface area contributed by atoms with E-state index in [4.69, 9.17) is 9.57 Å². The maximum Gasteiger partial charge on any atom is 0.251 e.